The van der Waals surface area contributed by atoms with Crippen LogP contribution in [0.2, 0.25) is 0 Å². The van der Waals surface area contributed by atoms with Gasteiger partial charge in [0, 0.05) is 25.6 Å². The van der Waals surface area contributed by atoms with Crippen molar-refractivity contribution in [2.45, 2.75) is 18.4 Å². The van der Waals surface area contributed by atoms with E-state index in [1.54, 1.807) is 30.3 Å². The molecule has 0 amide bonds. The van der Waals surface area contributed by atoms with Crippen LogP contribution in [-0.4, -0.2) is 47.2 Å². The minimum absolute atomic E-state index is 0.107. The lowest BCUT2D eigenvalue weighted by Gasteiger charge is -2.23. The number of ether oxygens (including phenoxy) is 1. The van der Waals surface area contributed by atoms with Crippen molar-refractivity contribution in [3.05, 3.63) is 72.3 Å². The van der Waals surface area contributed by atoms with Crippen LogP contribution in [0.5, 0.6) is 5.75 Å². The largest absolute Gasteiger partial charge is 0.383 e. The van der Waals surface area contributed by atoms with Crippen molar-refractivity contribution in [3.8, 4) is 5.75 Å². The summed E-state index contributed by atoms with van der Waals surface area (Å²) in [5.74, 6) is 0.0500. The Morgan fingerprint density at radius 1 is 0.871 bits per heavy atom. The van der Waals surface area contributed by atoms with Gasteiger partial charge in [0.05, 0.1) is 17.3 Å². The molecule has 0 fully saturated rings. The van der Waals surface area contributed by atoms with E-state index >= 15 is 0 Å². The van der Waals surface area contributed by atoms with E-state index in [1.807, 2.05) is 24.3 Å². The highest BCUT2D eigenvalue weighted by Gasteiger charge is 2.26. The first-order valence-electron chi connectivity index (χ1n) is 9.75. The zero-order valence-electron chi connectivity index (χ0n) is 17.4. The molecule has 0 saturated heterocycles. The third-order valence-electron chi connectivity index (χ3n) is 4.77. The van der Waals surface area contributed by atoms with Gasteiger partial charge >= 0.3 is 10.1 Å². The molecule has 166 valence electrons. The van der Waals surface area contributed by atoms with Crippen LogP contribution >= 0.6 is 0 Å². The summed E-state index contributed by atoms with van der Waals surface area (Å²) in [4.78, 5) is 0.232. The van der Waals surface area contributed by atoms with Crippen LogP contribution in [0, 0.1) is 0 Å². The van der Waals surface area contributed by atoms with Gasteiger partial charge in [-0.3, -0.25) is 0 Å². The normalized spacial score (nSPS) is 12.4. The minimum Gasteiger partial charge on any atom is -0.383 e. The third kappa shape index (κ3) is 5.62. The molecule has 7 nitrogen and oxygen atoms in total. The molecule has 0 atom stereocenters. The first-order valence-corrected chi connectivity index (χ1v) is 12.8. The summed E-state index contributed by atoms with van der Waals surface area (Å²) in [5, 5.41) is 1.50. The Morgan fingerprint density at radius 2 is 1.55 bits per heavy atom. The number of hydrogen-bond donors (Lipinski definition) is 0. The Hall–Kier alpha value is -2.46. The van der Waals surface area contributed by atoms with E-state index in [0.717, 1.165) is 5.39 Å². The number of hydrogen-bond acceptors (Lipinski definition) is 6. The molecule has 3 aromatic rings. The van der Waals surface area contributed by atoms with Gasteiger partial charge in [0.15, 0.2) is 0 Å². The van der Waals surface area contributed by atoms with Crippen LogP contribution in [0.25, 0.3) is 10.8 Å². The van der Waals surface area contributed by atoms with Crippen LogP contribution in [0.4, 0.5) is 0 Å². The number of fused-ring (bicyclic) bond motifs is 1. The molecule has 9 heteroatoms. The Bertz CT molecular complexity index is 1230. The van der Waals surface area contributed by atoms with Gasteiger partial charge in [0.1, 0.15) is 5.75 Å². The third-order valence-corrected chi connectivity index (χ3v) is 7.83. The van der Waals surface area contributed by atoms with Crippen LogP contribution in [0.1, 0.15) is 12.5 Å². The van der Waals surface area contributed by atoms with Gasteiger partial charge in [-0.25, -0.2) is 8.42 Å². The van der Waals surface area contributed by atoms with Crippen molar-refractivity contribution in [1.29, 1.82) is 0 Å². The van der Waals surface area contributed by atoms with E-state index in [9.17, 15) is 16.8 Å². The second kappa shape index (κ2) is 9.78. The number of nitrogens with zero attached hydrogens (tertiary/aromatic N) is 1. The summed E-state index contributed by atoms with van der Waals surface area (Å²) < 4.78 is 61.7. The van der Waals surface area contributed by atoms with Crippen LogP contribution < -0.4 is 4.18 Å². The first kappa shape index (κ1) is 23.2. The van der Waals surface area contributed by atoms with E-state index in [0.29, 0.717) is 10.9 Å². The molecule has 0 saturated carbocycles. The number of benzene rings is 3. The maximum absolute atomic E-state index is 13.5. The molecule has 31 heavy (non-hydrogen) atoms. The molecule has 0 aliphatic carbocycles. The smallest absolute Gasteiger partial charge is 0.308 e. The first-order chi connectivity index (χ1) is 14.8. The fourth-order valence-electron chi connectivity index (χ4n) is 3.10. The number of rotatable bonds is 10. The maximum atomic E-state index is 13.5. The SMILES string of the molecule is CCS(=O)(=O)Oc1ccc(CN(CCOC)S(=O)(=O)c2cccc3ccccc23)cc1. The lowest BCUT2D eigenvalue weighted by atomic mass is 10.1. The molecular formula is C22H25NO6S2. The van der Waals surface area contributed by atoms with Gasteiger partial charge in [0.2, 0.25) is 10.0 Å². The highest BCUT2D eigenvalue weighted by Crippen LogP contribution is 2.27. The minimum atomic E-state index is -3.81. The monoisotopic (exact) mass is 463 g/mol. The molecule has 0 radical (unpaired) electrons. The topological polar surface area (TPSA) is 90.0 Å². The molecule has 0 heterocycles. The van der Waals surface area contributed by atoms with Crippen LogP contribution in [0.15, 0.2) is 71.6 Å². The zero-order valence-corrected chi connectivity index (χ0v) is 19.0. The average Bonchev–Trinajstić information content (AvgIpc) is 2.77. The molecule has 3 aromatic carbocycles. The summed E-state index contributed by atoms with van der Waals surface area (Å²) >= 11 is 0. The van der Waals surface area contributed by atoms with Crippen molar-refractivity contribution in [3.63, 3.8) is 0 Å². The summed E-state index contributed by atoms with van der Waals surface area (Å²) in [6.45, 7) is 2.01. The van der Waals surface area contributed by atoms with Crippen molar-refractivity contribution in [2.24, 2.45) is 0 Å². The van der Waals surface area contributed by atoms with Crippen molar-refractivity contribution < 1.29 is 25.8 Å². The Balaban J connectivity index is 1.91. The van der Waals surface area contributed by atoms with Gasteiger partial charge < -0.3 is 8.92 Å². The molecule has 0 bridgehead atoms. The zero-order chi connectivity index (χ0) is 22.5. The Kier molecular flexibility index (Phi) is 7.32. The predicted octanol–water partition coefficient (Wildman–Crippen LogP) is 3.41. The second-order valence-corrected chi connectivity index (χ2v) is 10.6. The molecule has 3 rings (SSSR count). The molecule has 0 spiro atoms. The average molecular weight is 464 g/mol. The lowest BCUT2D eigenvalue weighted by molar-refractivity contribution is 0.177. The van der Waals surface area contributed by atoms with E-state index in [1.165, 1.54) is 30.5 Å². The summed E-state index contributed by atoms with van der Waals surface area (Å²) in [7, 11) is -5.92. The predicted molar refractivity (Wildman–Crippen MR) is 120 cm³/mol. The number of sulfonamides is 1. The van der Waals surface area contributed by atoms with Crippen LogP contribution in [-0.2, 0) is 31.4 Å². The van der Waals surface area contributed by atoms with E-state index < -0.39 is 20.1 Å². The standard InChI is InChI=1S/C22H25NO6S2/c1-3-30(24,25)29-20-13-11-18(12-14-20)17-23(15-16-28-2)31(26,27)22-10-6-8-19-7-4-5-9-21(19)22/h4-14H,3,15-17H2,1-2H3. The Morgan fingerprint density at radius 3 is 2.23 bits per heavy atom. The lowest BCUT2D eigenvalue weighted by Crippen LogP contribution is -2.33. The molecule has 0 aromatic heterocycles. The van der Waals surface area contributed by atoms with E-state index in [-0.39, 0.29) is 36.1 Å². The van der Waals surface area contributed by atoms with Crippen molar-refractivity contribution >= 4 is 30.9 Å². The maximum Gasteiger partial charge on any atom is 0.308 e. The molecule has 0 aliphatic rings. The summed E-state index contributed by atoms with van der Waals surface area (Å²) in [5.41, 5.74) is 0.696. The van der Waals surface area contributed by atoms with Gasteiger partial charge in [-0.1, -0.05) is 48.5 Å². The Labute approximate surface area is 183 Å². The van der Waals surface area contributed by atoms with Gasteiger partial charge in [-0.05, 0) is 36.1 Å². The molecule has 0 aliphatic heterocycles. The van der Waals surface area contributed by atoms with Crippen molar-refractivity contribution in [1.82, 2.24) is 4.31 Å². The van der Waals surface area contributed by atoms with Gasteiger partial charge in [-0.2, -0.15) is 12.7 Å². The highest BCUT2D eigenvalue weighted by molar-refractivity contribution is 7.89. The summed E-state index contributed by atoms with van der Waals surface area (Å²) in [6, 6.07) is 18.9. The molecule has 0 N–H and O–H groups in total. The summed E-state index contributed by atoms with van der Waals surface area (Å²) in [6.07, 6.45) is 0. The fraction of sp³-hybridized carbons (Fsp3) is 0.273. The van der Waals surface area contributed by atoms with E-state index in [4.69, 9.17) is 8.92 Å². The van der Waals surface area contributed by atoms with Crippen molar-refractivity contribution in [2.75, 3.05) is 26.0 Å². The fourth-order valence-corrected chi connectivity index (χ4v) is 5.25. The van der Waals surface area contributed by atoms with Gasteiger partial charge in [-0.15, -0.1) is 0 Å². The highest BCUT2D eigenvalue weighted by atomic mass is 32.2. The quantitative estimate of drug-likeness (QED) is 0.428. The molecule has 0 unspecified atom stereocenters. The second-order valence-electron chi connectivity index (χ2n) is 6.88. The van der Waals surface area contributed by atoms with Gasteiger partial charge in [0.25, 0.3) is 0 Å². The number of methoxy groups -OCH3 is 1. The van der Waals surface area contributed by atoms with Crippen LogP contribution in [0.3, 0.4) is 0 Å². The molecular weight excluding hydrogens is 438 g/mol. The van der Waals surface area contributed by atoms with E-state index in [2.05, 4.69) is 0 Å².